The molecule has 0 bridgehead atoms. The van der Waals surface area contributed by atoms with Crippen LogP contribution in [-0.2, 0) is 20.8 Å². The van der Waals surface area contributed by atoms with E-state index in [0.29, 0.717) is 41.7 Å². The Bertz CT molecular complexity index is 1830. The number of hydrogen-bond acceptors (Lipinski definition) is 8. The molecule has 49 heavy (non-hydrogen) atoms. The van der Waals surface area contributed by atoms with Gasteiger partial charge < -0.3 is 24.2 Å². The van der Waals surface area contributed by atoms with Gasteiger partial charge in [0.2, 0.25) is 0 Å². The summed E-state index contributed by atoms with van der Waals surface area (Å²) in [5, 5.41) is 7.88. The van der Waals surface area contributed by atoms with Crippen LogP contribution in [0.4, 0.5) is 13.2 Å². The van der Waals surface area contributed by atoms with E-state index >= 15 is 0 Å². The Kier molecular flexibility index (Phi) is 13.9. The third kappa shape index (κ3) is 11.5. The van der Waals surface area contributed by atoms with Crippen LogP contribution in [0.5, 0.6) is 5.75 Å². The second kappa shape index (κ2) is 17.8. The van der Waals surface area contributed by atoms with Crippen LogP contribution in [0.2, 0.25) is 0 Å². The summed E-state index contributed by atoms with van der Waals surface area (Å²) in [5.41, 5.74) is 4.05. The number of rotatable bonds is 13. The van der Waals surface area contributed by atoms with E-state index in [0.717, 1.165) is 23.1 Å². The second-order valence-electron chi connectivity index (χ2n) is 11.3. The van der Waals surface area contributed by atoms with E-state index in [9.17, 15) is 22.8 Å². The molecule has 4 aromatic rings. The Balaban J connectivity index is 0.000000838. The predicted molar refractivity (Wildman–Crippen MR) is 179 cm³/mol. The Morgan fingerprint density at radius 1 is 1.02 bits per heavy atom. The lowest BCUT2D eigenvalue weighted by atomic mass is 9.99. The number of likely N-dealkylation sites (N-methyl/N-ethyl adjacent to an activating group) is 1. The molecular formula is C36H38F3N3O7. The Labute approximate surface area is 282 Å². The van der Waals surface area contributed by atoms with Gasteiger partial charge in [0.15, 0.2) is 0 Å². The van der Waals surface area contributed by atoms with Crippen molar-refractivity contribution in [2.24, 2.45) is 0 Å². The van der Waals surface area contributed by atoms with Crippen molar-refractivity contribution in [1.29, 1.82) is 0 Å². The maximum atomic E-state index is 13.4. The number of benzene rings is 3. The van der Waals surface area contributed by atoms with E-state index in [-0.39, 0.29) is 19.8 Å². The molecular weight excluding hydrogens is 643 g/mol. The van der Waals surface area contributed by atoms with Gasteiger partial charge in [0.1, 0.15) is 19.0 Å². The average Bonchev–Trinajstić information content (AvgIpc) is 3.06. The molecule has 0 aliphatic rings. The number of halogens is 3. The van der Waals surface area contributed by atoms with Crippen molar-refractivity contribution in [3.63, 3.8) is 0 Å². The van der Waals surface area contributed by atoms with Crippen molar-refractivity contribution < 1.29 is 42.1 Å². The zero-order valence-corrected chi connectivity index (χ0v) is 27.6. The minimum absolute atomic E-state index is 0.127. The lowest BCUT2D eigenvalue weighted by Crippen LogP contribution is -2.25. The molecule has 1 heterocycles. The zero-order valence-electron chi connectivity index (χ0n) is 27.6. The normalized spacial score (nSPS) is 11.2. The Morgan fingerprint density at radius 3 is 2.33 bits per heavy atom. The molecule has 260 valence electrons. The topological polar surface area (TPSA) is 120 Å². The van der Waals surface area contributed by atoms with Crippen LogP contribution in [0.15, 0.2) is 71.5 Å². The summed E-state index contributed by atoms with van der Waals surface area (Å²) in [7, 11) is 3.94. The molecule has 0 spiro atoms. The summed E-state index contributed by atoms with van der Waals surface area (Å²) in [6.07, 6.45) is 0.311. The quantitative estimate of drug-likeness (QED) is 0.109. The average molecular weight is 682 g/mol. The van der Waals surface area contributed by atoms with E-state index in [1.807, 2.05) is 49.3 Å². The first-order chi connectivity index (χ1) is 23.2. The summed E-state index contributed by atoms with van der Waals surface area (Å²) < 4.78 is 49.9. The van der Waals surface area contributed by atoms with Crippen LogP contribution in [0.1, 0.15) is 41.3 Å². The van der Waals surface area contributed by atoms with Crippen molar-refractivity contribution in [1.82, 2.24) is 14.5 Å². The minimum atomic E-state index is -5.08. The van der Waals surface area contributed by atoms with Crippen LogP contribution in [-0.4, -0.2) is 84.7 Å². The summed E-state index contributed by atoms with van der Waals surface area (Å²) >= 11 is 0. The molecule has 13 heteroatoms. The third-order valence-corrected chi connectivity index (χ3v) is 7.01. The first-order valence-electron chi connectivity index (χ1n) is 15.2. The number of nitrogens with zero attached hydrogens (tertiary/aromatic N) is 3. The number of alkyl halides is 3. The molecule has 0 saturated carbocycles. The number of esters is 1. The van der Waals surface area contributed by atoms with Gasteiger partial charge in [-0.15, -0.1) is 6.42 Å². The molecule has 0 aliphatic carbocycles. The number of hydrogen-bond donors (Lipinski definition) is 1. The largest absolute Gasteiger partial charge is 0.490 e. The number of carboxylic acids is 1. The minimum Gasteiger partial charge on any atom is -0.481 e. The van der Waals surface area contributed by atoms with Crippen molar-refractivity contribution >= 4 is 22.8 Å². The lowest BCUT2D eigenvalue weighted by Gasteiger charge is -2.15. The van der Waals surface area contributed by atoms with E-state index in [1.54, 1.807) is 28.8 Å². The SMILES string of the molecule is C#CCOc1ccc2c(c1)c(-c1ccc(C(C)C)cc1)nc(=O)n2Cc1cccc(C(=O)OCCOCCN(C)C)c1.O=C(O)C(F)(F)F. The number of carboxylic acid groups (broad SMARTS) is 1. The monoisotopic (exact) mass is 681 g/mol. The van der Waals surface area contributed by atoms with Crippen LogP contribution < -0.4 is 10.4 Å². The fraction of sp³-hybridized carbons (Fsp3) is 0.333. The molecule has 0 unspecified atom stereocenters. The Morgan fingerprint density at radius 2 is 1.71 bits per heavy atom. The van der Waals surface area contributed by atoms with Gasteiger partial charge >= 0.3 is 23.8 Å². The number of fused-ring (bicyclic) bond motifs is 1. The molecule has 0 fully saturated rings. The third-order valence-electron chi connectivity index (χ3n) is 7.01. The smallest absolute Gasteiger partial charge is 0.481 e. The second-order valence-corrected chi connectivity index (χ2v) is 11.3. The molecule has 4 rings (SSSR count). The molecule has 0 saturated heterocycles. The molecule has 3 aromatic carbocycles. The van der Waals surface area contributed by atoms with E-state index < -0.39 is 23.8 Å². The van der Waals surface area contributed by atoms with Gasteiger partial charge in [0.05, 0.1) is 36.5 Å². The highest BCUT2D eigenvalue weighted by Gasteiger charge is 2.38. The summed E-state index contributed by atoms with van der Waals surface area (Å²) in [6.45, 7) is 6.46. The number of ether oxygens (including phenoxy) is 3. The number of terminal acetylenes is 1. The maximum Gasteiger partial charge on any atom is 0.490 e. The van der Waals surface area contributed by atoms with Gasteiger partial charge in [-0.3, -0.25) is 4.57 Å². The first kappa shape index (κ1) is 38.3. The maximum absolute atomic E-state index is 13.4. The number of carbonyl (C=O) groups is 2. The summed E-state index contributed by atoms with van der Waals surface area (Å²) in [6, 6.07) is 20.6. The fourth-order valence-electron chi connectivity index (χ4n) is 4.48. The highest BCUT2D eigenvalue weighted by Crippen LogP contribution is 2.30. The van der Waals surface area contributed by atoms with E-state index in [2.05, 4.69) is 36.9 Å². The van der Waals surface area contributed by atoms with Crippen molar-refractivity contribution in [2.45, 2.75) is 32.5 Å². The zero-order chi connectivity index (χ0) is 36.1. The first-order valence-corrected chi connectivity index (χ1v) is 15.2. The molecule has 0 aliphatic heterocycles. The van der Waals surface area contributed by atoms with Crippen LogP contribution in [0.3, 0.4) is 0 Å². The van der Waals surface area contributed by atoms with Crippen LogP contribution in [0.25, 0.3) is 22.2 Å². The number of aliphatic carboxylic acids is 1. The molecule has 1 N–H and O–H groups in total. The lowest BCUT2D eigenvalue weighted by molar-refractivity contribution is -0.192. The summed E-state index contributed by atoms with van der Waals surface area (Å²) in [5.74, 6) is 0.249. The van der Waals surface area contributed by atoms with Gasteiger partial charge in [-0.2, -0.15) is 18.2 Å². The molecule has 0 atom stereocenters. The highest BCUT2D eigenvalue weighted by molar-refractivity contribution is 5.93. The van der Waals surface area contributed by atoms with Crippen LogP contribution in [0, 0.1) is 12.3 Å². The molecule has 10 nitrogen and oxygen atoms in total. The van der Waals surface area contributed by atoms with Crippen molar-refractivity contribution in [3.8, 4) is 29.4 Å². The predicted octanol–water partition coefficient (Wildman–Crippen LogP) is 5.62. The van der Waals surface area contributed by atoms with Gasteiger partial charge in [-0.25, -0.2) is 14.4 Å². The van der Waals surface area contributed by atoms with Gasteiger partial charge in [0, 0.05) is 17.5 Å². The molecule has 0 radical (unpaired) electrons. The van der Waals surface area contributed by atoms with Crippen LogP contribution >= 0.6 is 0 Å². The molecule has 1 aromatic heterocycles. The van der Waals surface area contributed by atoms with Gasteiger partial charge in [0.25, 0.3) is 0 Å². The van der Waals surface area contributed by atoms with Gasteiger partial charge in [-0.05, 0) is 61.5 Å². The van der Waals surface area contributed by atoms with E-state index in [1.165, 1.54) is 5.56 Å². The number of carbonyl (C=O) groups excluding carboxylic acids is 1. The number of aromatic nitrogens is 2. The van der Waals surface area contributed by atoms with Crippen molar-refractivity contribution in [2.75, 3.05) is 47.1 Å². The molecule has 0 amide bonds. The highest BCUT2D eigenvalue weighted by atomic mass is 19.4. The summed E-state index contributed by atoms with van der Waals surface area (Å²) in [4.78, 5) is 41.5. The fourth-order valence-corrected chi connectivity index (χ4v) is 4.48. The van der Waals surface area contributed by atoms with E-state index in [4.69, 9.17) is 30.5 Å². The van der Waals surface area contributed by atoms with Gasteiger partial charge in [-0.1, -0.05) is 56.2 Å². The standard InChI is InChI=1S/C34H37N3O5.C2HF3O2/c1-6-17-41-29-14-15-31-30(22-29)32(27-12-10-26(11-13-27)24(2)3)35-34(39)37(31)23-25-8-7-9-28(21-25)33(38)42-20-19-40-18-16-36(4)5;3-2(4,5)1(6)7/h1,7-15,21-22,24H,16-20,23H2,2-5H3;(H,6,7). The van der Waals surface area contributed by atoms with Crippen molar-refractivity contribution in [3.05, 3.63) is 93.9 Å². The Hall–Kier alpha value is -5.19.